The van der Waals surface area contributed by atoms with Crippen molar-refractivity contribution in [2.75, 3.05) is 13.6 Å². The first-order valence-electron chi connectivity index (χ1n) is 9.93. The van der Waals surface area contributed by atoms with E-state index in [4.69, 9.17) is 0 Å². The van der Waals surface area contributed by atoms with E-state index in [0.29, 0.717) is 12.8 Å². The van der Waals surface area contributed by atoms with Crippen LogP contribution in [0.2, 0.25) is 0 Å². The zero-order valence-electron chi connectivity index (χ0n) is 16.4. The van der Waals surface area contributed by atoms with Crippen molar-refractivity contribution in [3.63, 3.8) is 0 Å². The number of likely N-dealkylation sites (N-methyl/N-ethyl adjacent to an activating group) is 1. The molecule has 1 aliphatic carbocycles. The fourth-order valence-electron chi connectivity index (χ4n) is 4.33. The van der Waals surface area contributed by atoms with E-state index in [-0.39, 0.29) is 42.1 Å². The molecule has 2 aromatic carbocycles. The maximum Gasteiger partial charge on any atom is 0.243 e. The predicted octanol–water partition coefficient (Wildman–Crippen LogP) is 3.19. The van der Waals surface area contributed by atoms with Crippen molar-refractivity contribution >= 4 is 17.7 Å². The number of likely N-dealkylation sites (tertiary alicyclic amines) is 1. The molecule has 1 aliphatic heterocycles. The summed E-state index contributed by atoms with van der Waals surface area (Å²) >= 11 is 0. The lowest BCUT2D eigenvalue weighted by Gasteiger charge is -2.30. The second-order valence-electron chi connectivity index (χ2n) is 7.65. The largest absolute Gasteiger partial charge is 0.333 e. The molecule has 4 rings (SSSR count). The number of nitrogens with zero attached hydrogens (tertiary/aromatic N) is 2. The van der Waals surface area contributed by atoms with Crippen LogP contribution < -0.4 is 0 Å². The Morgan fingerprint density at radius 2 is 1.34 bits per heavy atom. The Kier molecular flexibility index (Phi) is 5.30. The highest BCUT2D eigenvalue weighted by molar-refractivity contribution is 6.07. The highest BCUT2D eigenvalue weighted by Crippen LogP contribution is 2.35. The van der Waals surface area contributed by atoms with Crippen LogP contribution in [0.3, 0.4) is 0 Å². The number of fused-ring (bicyclic) bond motifs is 1. The Morgan fingerprint density at radius 1 is 0.897 bits per heavy atom. The highest BCUT2D eigenvalue weighted by Gasteiger charge is 2.48. The van der Waals surface area contributed by atoms with Crippen molar-refractivity contribution in [2.45, 2.75) is 18.9 Å². The number of amides is 3. The summed E-state index contributed by atoms with van der Waals surface area (Å²) in [6.45, 7) is -0.211. The highest BCUT2D eigenvalue weighted by atomic mass is 16.2. The Bertz CT molecular complexity index is 874. The number of rotatable bonds is 5. The summed E-state index contributed by atoms with van der Waals surface area (Å²) in [7, 11) is 1.73. The third kappa shape index (κ3) is 3.60. The molecule has 5 nitrogen and oxygen atoms in total. The monoisotopic (exact) mass is 388 g/mol. The van der Waals surface area contributed by atoms with Gasteiger partial charge in [-0.25, -0.2) is 0 Å². The van der Waals surface area contributed by atoms with Crippen molar-refractivity contribution in [2.24, 2.45) is 11.8 Å². The van der Waals surface area contributed by atoms with Crippen LogP contribution in [0.4, 0.5) is 0 Å². The van der Waals surface area contributed by atoms with Crippen LogP contribution in [0.25, 0.3) is 0 Å². The Morgan fingerprint density at radius 3 is 1.79 bits per heavy atom. The van der Waals surface area contributed by atoms with Gasteiger partial charge >= 0.3 is 0 Å². The maximum atomic E-state index is 13.1. The van der Waals surface area contributed by atoms with Crippen LogP contribution in [0.1, 0.15) is 30.0 Å². The van der Waals surface area contributed by atoms with Gasteiger partial charge in [0, 0.05) is 7.05 Å². The second kappa shape index (κ2) is 8.03. The van der Waals surface area contributed by atoms with Crippen LogP contribution in [-0.2, 0) is 14.4 Å². The number of carbonyl (C=O) groups excluding carboxylic acids is 3. The number of hydrogen-bond acceptors (Lipinski definition) is 3. The molecule has 1 heterocycles. The molecule has 0 spiro atoms. The summed E-state index contributed by atoms with van der Waals surface area (Å²) in [6.07, 6.45) is 5.05. The molecule has 1 fully saturated rings. The lowest BCUT2D eigenvalue weighted by molar-refractivity contribution is -0.146. The van der Waals surface area contributed by atoms with E-state index in [0.717, 1.165) is 16.0 Å². The molecule has 0 bridgehead atoms. The van der Waals surface area contributed by atoms with Gasteiger partial charge in [-0.1, -0.05) is 72.8 Å². The topological polar surface area (TPSA) is 57.7 Å². The summed E-state index contributed by atoms with van der Waals surface area (Å²) in [6, 6.07) is 19.3. The van der Waals surface area contributed by atoms with Gasteiger partial charge in [0.05, 0.1) is 17.9 Å². The molecule has 148 valence electrons. The number of hydrogen-bond donors (Lipinski definition) is 0. The van der Waals surface area contributed by atoms with E-state index >= 15 is 0 Å². The van der Waals surface area contributed by atoms with Gasteiger partial charge in [-0.05, 0) is 24.0 Å². The summed E-state index contributed by atoms with van der Waals surface area (Å²) in [5, 5.41) is 0. The van der Waals surface area contributed by atoms with E-state index < -0.39 is 0 Å². The molecular formula is C24H24N2O3. The fraction of sp³-hybridized carbons (Fsp3) is 0.292. The third-order valence-electron chi connectivity index (χ3n) is 5.90. The minimum Gasteiger partial charge on any atom is -0.333 e. The summed E-state index contributed by atoms with van der Waals surface area (Å²) in [4.78, 5) is 41.4. The first-order chi connectivity index (χ1) is 14.1. The number of carbonyl (C=O) groups is 3. The van der Waals surface area contributed by atoms with E-state index in [1.54, 1.807) is 11.9 Å². The van der Waals surface area contributed by atoms with E-state index in [2.05, 4.69) is 0 Å². The molecule has 0 saturated carbocycles. The van der Waals surface area contributed by atoms with Gasteiger partial charge in [-0.15, -0.1) is 0 Å². The zero-order chi connectivity index (χ0) is 20.4. The predicted molar refractivity (Wildman–Crippen MR) is 110 cm³/mol. The molecule has 2 unspecified atom stereocenters. The van der Waals surface area contributed by atoms with E-state index in [1.807, 2.05) is 72.8 Å². The average Bonchev–Trinajstić information content (AvgIpc) is 3.00. The van der Waals surface area contributed by atoms with Crippen LogP contribution >= 0.6 is 0 Å². The van der Waals surface area contributed by atoms with Gasteiger partial charge in [-0.2, -0.15) is 0 Å². The molecule has 3 amide bonds. The van der Waals surface area contributed by atoms with Gasteiger partial charge in [-0.3, -0.25) is 19.3 Å². The quantitative estimate of drug-likeness (QED) is 0.584. The molecule has 5 heteroatoms. The molecule has 0 N–H and O–H groups in total. The zero-order valence-corrected chi connectivity index (χ0v) is 16.4. The Labute approximate surface area is 170 Å². The SMILES string of the molecule is CN(C(=O)CN1C(=O)C2CC=CCC2C1=O)C(c1ccccc1)c1ccccc1. The van der Waals surface area contributed by atoms with Gasteiger partial charge in [0.2, 0.25) is 17.7 Å². The van der Waals surface area contributed by atoms with Crippen molar-refractivity contribution in [1.29, 1.82) is 0 Å². The minimum absolute atomic E-state index is 0.211. The molecule has 29 heavy (non-hydrogen) atoms. The fourth-order valence-corrected chi connectivity index (χ4v) is 4.33. The first kappa shape index (κ1) is 19.1. The van der Waals surface area contributed by atoms with E-state index in [9.17, 15) is 14.4 Å². The smallest absolute Gasteiger partial charge is 0.243 e. The lowest BCUT2D eigenvalue weighted by Crippen LogP contribution is -2.43. The number of imide groups is 1. The first-order valence-corrected chi connectivity index (χ1v) is 9.93. The third-order valence-corrected chi connectivity index (χ3v) is 5.90. The molecule has 1 saturated heterocycles. The molecule has 2 aliphatic rings. The van der Waals surface area contributed by atoms with Gasteiger partial charge < -0.3 is 4.90 Å². The van der Waals surface area contributed by atoms with Crippen LogP contribution in [-0.4, -0.2) is 41.1 Å². The van der Waals surface area contributed by atoms with Gasteiger partial charge in [0.15, 0.2) is 0 Å². The molecular weight excluding hydrogens is 364 g/mol. The van der Waals surface area contributed by atoms with Crippen LogP contribution in [0.5, 0.6) is 0 Å². The number of allylic oxidation sites excluding steroid dienone is 2. The second-order valence-corrected chi connectivity index (χ2v) is 7.65. The maximum absolute atomic E-state index is 13.1. The summed E-state index contributed by atoms with van der Waals surface area (Å²) in [5.41, 5.74) is 1.96. The Hall–Kier alpha value is -3.21. The van der Waals surface area contributed by atoms with Crippen molar-refractivity contribution in [1.82, 2.24) is 9.80 Å². The van der Waals surface area contributed by atoms with Crippen LogP contribution in [0.15, 0.2) is 72.8 Å². The molecule has 2 atom stereocenters. The normalized spacial score (nSPS) is 20.8. The summed E-state index contributed by atoms with van der Waals surface area (Å²) < 4.78 is 0. The van der Waals surface area contributed by atoms with Crippen molar-refractivity contribution in [3.8, 4) is 0 Å². The molecule has 0 radical (unpaired) electrons. The van der Waals surface area contributed by atoms with Crippen LogP contribution in [0, 0.1) is 11.8 Å². The van der Waals surface area contributed by atoms with E-state index in [1.165, 1.54) is 0 Å². The standard InChI is InChI=1S/C24H24N2O3/c1-25(22(17-10-4-2-5-11-17)18-12-6-3-7-13-18)21(27)16-26-23(28)19-14-8-9-15-20(19)24(26)29/h2-13,19-20,22H,14-16H2,1H3. The Balaban J connectivity index is 1.57. The number of benzene rings is 2. The lowest BCUT2D eigenvalue weighted by atomic mass is 9.85. The molecule has 2 aromatic rings. The summed E-state index contributed by atoms with van der Waals surface area (Å²) in [5.74, 6) is -1.32. The molecule has 0 aromatic heterocycles. The van der Waals surface area contributed by atoms with Gasteiger partial charge in [0.25, 0.3) is 0 Å². The average molecular weight is 388 g/mol. The minimum atomic E-state index is -0.315. The van der Waals surface area contributed by atoms with Gasteiger partial charge in [0.1, 0.15) is 6.54 Å². The van der Waals surface area contributed by atoms with Crippen molar-refractivity contribution < 1.29 is 14.4 Å². The van der Waals surface area contributed by atoms with Crippen molar-refractivity contribution in [3.05, 3.63) is 83.9 Å².